The van der Waals surface area contributed by atoms with Gasteiger partial charge >= 0.3 is 0 Å². The largest absolute Gasteiger partial charge is 0.393 e. The second kappa shape index (κ2) is 6.36. The van der Waals surface area contributed by atoms with Gasteiger partial charge in [-0.05, 0) is 49.9 Å². The number of hydrogen-bond acceptors (Lipinski definition) is 3. The summed E-state index contributed by atoms with van der Waals surface area (Å²) >= 11 is 0. The molecule has 0 radical (unpaired) electrons. The van der Waals surface area contributed by atoms with E-state index in [1.165, 1.54) is 12.8 Å². The quantitative estimate of drug-likeness (QED) is 0.810. The highest BCUT2D eigenvalue weighted by Gasteiger charge is 2.31. The maximum Gasteiger partial charge on any atom is 0.0541 e. The number of nitrogens with one attached hydrogen (secondary N) is 1. The Bertz CT molecular complexity index is 241. The summed E-state index contributed by atoms with van der Waals surface area (Å²) in [5, 5.41) is 13.2. The number of ether oxygens (including phenoxy) is 1. The highest BCUT2D eigenvalue weighted by atomic mass is 16.5. The van der Waals surface area contributed by atoms with E-state index in [9.17, 15) is 5.11 Å². The molecule has 18 heavy (non-hydrogen) atoms. The van der Waals surface area contributed by atoms with Crippen molar-refractivity contribution in [1.82, 2.24) is 5.32 Å². The van der Waals surface area contributed by atoms with E-state index in [0.717, 1.165) is 51.4 Å². The van der Waals surface area contributed by atoms with Crippen LogP contribution in [0.25, 0.3) is 0 Å². The van der Waals surface area contributed by atoms with E-state index in [1.807, 2.05) is 0 Å². The Morgan fingerprint density at radius 2 is 1.67 bits per heavy atom. The van der Waals surface area contributed by atoms with Crippen molar-refractivity contribution < 1.29 is 9.84 Å². The number of aliphatic hydroxyl groups is 1. The van der Waals surface area contributed by atoms with E-state index < -0.39 is 0 Å². The van der Waals surface area contributed by atoms with Crippen LogP contribution >= 0.6 is 0 Å². The number of rotatable bonds is 4. The third kappa shape index (κ3) is 3.94. The fraction of sp³-hybridized carbons (Fsp3) is 1.00. The topological polar surface area (TPSA) is 41.5 Å². The van der Waals surface area contributed by atoms with Crippen LogP contribution in [0.15, 0.2) is 0 Å². The Kier molecular flexibility index (Phi) is 5.05. The summed E-state index contributed by atoms with van der Waals surface area (Å²) in [6, 6.07) is 0.618. The van der Waals surface area contributed by atoms with Crippen LogP contribution < -0.4 is 5.32 Å². The first-order chi connectivity index (χ1) is 8.58. The third-order valence-corrected chi connectivity index (χ3v) is 4.87. The van der Waals surface area contributed by atoms with Crippen LogP contribution in [0.3, 0.4) is 0 Å². The first-order valence-electron chi connectivity index (χ1n) is 7.57. The zero-order chi connectivity index (χ0) is 13.0. The molecule has 0 aromatic heterocycles. The minimum atomic E-state index is -0.0495. The molecule has 2 rings (SSSR count). The Balaban J connectivity index is 1.73. The van der Waals surface area contributed by atoms with Crippen molar-refractivity contribution in [3.63, 3.8) is 0 Å². The Hall–Kier alpha value is -0.120. The molecule has 2 N–H and O–H groups in total. The molecule has 1 aliphatic heterocycles. The lowest BCUT2D eigenvalue weighted by Crippen LogP contribution is -2.43. The molecule has 1 aliphatic carbocycles. The highest BCUT2D eigenvalue weighted by molar-refractivity contribution is 4.85. The lowest BCUT2D eigenvalue weighted by molar-refractivity contribution is 0.0207. The van der Waals surface area contributed by atoms with Crippen molar-refractivity contribution in [2.24, 2.45) is 11.3 Å². The summed E-state index contributed by atoms with van der Waals surface area (Å²) in [6.07, 6.45) is 6.56. The van der Waals surface area contributed by atoms with Crippen LogP contribution in [-0.4, -0.2) is 37.0 Å². The molecule has 2 fully saturated rings. The molecular formula is C15H29NO2. The van der Waals surface area contributed by atoms with E-state index in [1.54, 1.807) is 0 Å². The summed E-state index contributed by atoms with van der Waals surface area (Å²) in [4.78, 5) is 0. The number of hydrogen-bond donors (Lipinski definition) is 2. The fourth-order valence-electron chi connectivity index (χ4n) is 3.31. The molecule has 2 aliphatic rings. The van der Waals surface area contributed by atoms with E-state index in [-0.39, 0.29) is 6.10 Å². The first-order valence-corrected chi connectivity index (χ1v) is 7.57. The standard InChI is InChI=1S/C15H29NO2/c1-15(2,12-7-9-18-10-8-12)11-16-13-3-5-14(17)6-4-13/h12-14,16-17H,3-11H2,1-2H3. The van der Waals surface area contributed by atoms with Gasteiger partial charge in [0.05, 0.1) is 6.10 Å². The Morgan fingerprint density at radius 3 is 2.28 bits per heavy atom. The summed E-state index contributed by atoms with van der Waals surface area (Å²) in [5.41, 5.74) is 0.361. The van der Waals surface area contributed by atoms with Gasteiger partial charge in [-0.25, -0.2) is 0 Å². The predicted molar refractivity (Wildman–Crippen MR) is 73.6 cm³/mol. The molecule has 3 nitrogen and oxygen atoms in total. The maximum absolute atomic E-state index is 9.52. The molecule has 1 heterocycles. The molecule has 0 amide bonds. The van der Waals surface area contributed by atoms with Crippen molar-refractivity contribution in [1.29, 1.82) is 0 Å². The molecule has 106 valence electrons. The van der Waals surface area contributed by atoms with Gasteiger partial charge < -0.3 is 15.2 Å². The van der Waals surface area contributed by atoms with Gasteiger partial charge in [0.2, 0.25) is 0 Å². The van der Waals surface area contributed by atoms with Gasteiger partial charge in [-0.2, -0.15) is 0 Å². The van der Waals surface area contributed by atoms with E-state index in [2.05, 4.69) is 19.2 Å². The zero-order valence-electron chi connectivity index (χ0n) is 12.0. The molecule has 0 atom stereocenters. The summed E-state index contributed by atoms with van der Waals surface area (Å²) < 4.78 is 5.45. The van der Waals surface area contributed by atoms with Crippen LogP contribution in [0.1, 0.15) is 52.4 Å². The monoisotopic (exact) mass is 255 g/mol. The first kappa shape index (κ1) is 14.3. The van der Waals surface area contributed by atoms with Crippen LogP contribution in [0.4, 0.5) is 0 Å². The molecule has 0 aromatic rings. The van der Waals surface area contributed by atoms with Crippen molar-refractivity contribution in [2.75, 3.05) is 19.8 Å². The SMILES string of the molecule is CC(C)(CNC1CCC(O)CC1)C1CCOCC1. The molecule has 0 aromatic carbocycles. The second-order valence-electron chi connectivity index (χ2n) is 6.76. The fourth-order valence-corrected chi connectivity index (χ4v) is 3.31. The van der Waals surface area contributed by atoms with Gasteiger partial charge in [0.1, 0.15) is 0 Å². The van der Waals surface area contributed by atoms with Crippen molar-refractivity contribution >= 4 is 0 Å². The highest BCUT2D eigenvalue weighted by Crippen LogP contribution is 2.34. The summed E-state index contributed by atoms with van der Waals surface area (Å²) in [5.74, 6) is 0.785. The van der Waals surface area contributed by atoms with E-state index in [0.29, 0.717) is 11.5 Å². The van der Waals surface area contributed by atoms with Crippen molar-refractivity contribution in [3.8, 4) is 0 Å². The van der Waals surface area contributed by atoms with Crippen LogP contribution in [0, 0.1) is 11.3 Å². The lowest BCUT2D eigenvalue weighted by atomic mass is 9.74. The van der Waals surface area contributed by atoms with Gasteiger partial charge in [0.15, 0.2) is 0 Å². The van der Waals surface area contributed by atoms with Gasteiger partial charge in [-0.1, -0.05) is 13.8 Å². The van der Waals surface area contributed by atoms with Gasteiger partial charge in [0.25, 0.3) is 0 Å². The van der Waals surface area contributed by atoms with Gasteiger partial charge in [-0.3, -0.25) is 0 Å². The molecule has 0 unspecified atom stereocenters. The summed E-state index contributed by atoms with van der Waals surface area (Å²) in [7, 11) is 0. The minimum absolute atomic E-state index is 0.0495. The Labute approximate surface area is 111 Å². The lowest BCUT2D eigenvalue weighted by Gasteiger charge is -2.39. The second-order valence-corrected chi connectivity index (χ2v) is 6.76. The van der Waals surface area contributed by atoms with Crippen molar-refractivity contribution in [3.05, 3.63) is 0 Å². The van der Waals surface area contributed by atoms with Gasteiger partial charge in [-0.15, -0.1) is 0 Å². The maximum atomic E-state index is 9.52. The molecular weight excluding hydrogens is 226 g/mol. The summed E-state index contributed by atoms with van der Waals surface area (Å²) in [6.45, 7) is 7.73. The van der Waals surface area contributed by atoms with Crippen molar-refractivity contribution in [2.45, 2.75) is 64.5 Å². The third-order valence-electron chi connectivity index (χ3n) is 4.87. The normalized spacial score (nSPS) is 31.5. The predicted octanol–water partition coefficient (Wildman–Crippen LogP) is 2.33. The zero-order valence-corrected chi connectivity index (χ0v) is 12.0. The molecule has 1 saturated carbocycles. The van der Waals surface area contributed by atoms with E-state index in [4.69, 9.17) is 4.74 Å². The average Bonchev–Trinajstić information content (AvgIpc) is 2.39. The average molecular weight is 255 g/mol. The smallest absolute Gasteiger partial charge is 0.0541 e. The molecule has 0 bridgehead atoms. The molecule has 3 heteroatoms. The van der Waals surface area contributed by atoms with Crippen LogP contribution in [-0.2, 0) is 4.74 Å². The molecule has 0 spiro atoms. The molecule has 1 saturated heterocycles. The van der Waals surface area contributed by atoms with Crippen LogP contribution in [0.5, 0.6) is 0 Å². The van der Waals surface area contributed by atoms with Gasteiger partial charge in [0, 0.05) is 25.8 Å². The van der Waals surface area contributed by atoms with E-state index >= 15 is 0 Å². The Morgan fingerprint density at radius 1 is 1.06 bits per heavy atom. The minimum Gasteiger partial charge on any atom is -0.393 e. The van der Waals surface area contributed by atoms with Crippen LogP contribution in [0.2, 0.25) is 0 Å². The number of aliphatic hydroxyl groups excluding tert-OH is 1.